The maximum absolute atomic E-state index is 4.73. The summed E-state index contributed by atoms with van der Waals surface area (Å²) >= 11 is 0. The molecule has 1 heterocycles. The second-order valence-electron chi connectivity index (χ2n) is 7.11. The topological polar surface area (TPSA) is 34.1 Å². The van der Waals surface area contributed by atoms with Gasteiger partial charge in [-0.15, -0.1) is 0 Å². The lowest BCUT2D eigenvalue weighted by Crippen LogP contribution is -2.47. The number of piperazine rings is 1. The Bertz CT molecular complexity index is 492. The highest BCUT2D eigenvalue weighted by Crippen LogP contribution is 2.04. The number of nitrogens with zero attached hydrogens (tertiary/aromatic N) is 4. The minimum Gasteiger partial charge on any atom is -0.356 e. The SMILES string of the molecule is CC(CNC(=NCc1ccccc1)N(C)C)CN1CCN(C)CC1. The molecule has 1 N–H and O–H groups in total. The molecular weight excluding hydrogens is 298 g/mol. The van der Waals surface area contributed by atoms with E-state index in [0.29, 0.717) is 12.5 Å². The van der Waals surface area contributed by atoms with Crippen molar-refractivity contribution in [2.75, 3.05) is 60.4 Å². The lowest BCUT2D eigenvalue weighted by molar-refractivity contribution is 0.139. The molecule has 0 aliphatic carbocycles. The molecule has 1 aliphatic rings. The van der Waals surface area contributed by atoms with Crippen LogP contribution in [0, 0.1) is 5.92 Å². The van der Waals surface area contributed by atoms with Gasteiger partial charge in [0.15, 0.2) is 5.96 Å². The molecule has 0 aromatic heterocycles. The van der Waals surface area contributed by atoms with Gasteiger partial charge in [0.1, 0.15) is 0 Å². The van der Waals surface area contributed by atoms with Crippen LogP contribution in [0.4, 0.5) is 0 Å². The molecule has 1 aliphatic heterocycles. The van der Waals surface area contributed by atoms with Gasteiger partial charge in [0, 0.05) is 53.4 Å². The van der Waals surface area contributed by atoms with Crippen molar-refractivity contribution in [3.05, 3.63) is 35.9 Å². The third kappa shape index (κ3) is 6.49. The third-order valence-corrected chi connectivity index (χ3v) is 4.45. The maximum Gasteiger partial charge on any atom is 0.193 e. The first-order valence-corrected chi connectivity index (χ1v) is 8.95. The Morgan fingerprint density at radius 3 is 2.46 bits per heavy atom. The van der Waals surface area contributed by atoms with E-state index in [1.807, 2.05) is 20.2 Å². The normalized spacial score (nSPS) is 18.4. The Morgan fingerprint density at radius 1 is 1.17 bits per heavy atom. The Hall–Kier alpha value is -1.59. The second-order valence-corrected chi connectivity index (χ2v) is 7.11. The van der Waals surface area contributed by atoms with Gasteiger partial charge < -0.3 is 20.0 Å². The van der Waals surface area contributed by atoms with E-state index in [9.17, 15) is 0 Å². The Labute approximate surface area is 147 Å². The smallest absolute Gasteiger partial charge is 0.193 e. The van der Waals surface area contributed by atoms with Gasteiger partial charge in [-0.3, -0.25) is 0 Å². The zero-order valence-corrected chi connectivity index (χ0v) is 15.7. The summed E-state index contributed by atoms with van der Waals surface area (Å²) in [4.78, 5) is 11.8. The molecule has 2 rings (SSSR count). The fourth-order valence-electron chi connectivity index (χ4n) is 2.91. The molecule has 0 bridgehead atoms. The minimum atomic E-state index is 0.607. The highest BCUT2D eigenvalue weighted by Gasteiger charge is 2.16. The number of rotatable bonds is 6. The first-order valence-electron chi connectivity index (χ1n) is 8.95. The van der Waals surface area contributed by atoms with Gasteiger partial charge in [-0.25, -0.2) is 4.99 Å². The predicted octanol–water partition coefficient (Wildman–Crippen LogP) is 1.58. The molecule has 1 saturated heterocycles. The first-order chi connectivity index (χ1) is 11.5. The first kappa shape index (κ1) is 18.7. The summed E-state index contributed by atoms with van der Waals surface area (Å²) in [5.74, 6) is 1.57. The number of benzene rings is 1. The molecule has 5 heteroatoms. The molecule has 1 fully saturated rings. The Morgan fingerprint density at radius 2 is 1.83 bits per heavy atom. The predicted molar refractivity (Wildman–Crippen MR) is 102 cm³/mol. The second kappa shape index (κ2) is 9.64. The van der Waals surface area contributed by atoms with E-state index in [2.05, 4.69) is 58.3 Å². The van der Waals surface area contributed by atoms with Gasteiger partial charge in [0.2, 0.25) is 0 Å². The summed E-state index contributed by atoms with van der Waals surface area (Å²) in [6.45, 7) is 9.87. The lowest BCUT2D eigenvalue weighted by Gasteiger charge is -2.34. The average Bonchev–Trinajstić information content (AvgIpc) is 2.57. The van der Waals surface area contributed by atoms with Crippen molar-refractivity contribution in [3.63, 3.8) is 0 Å². The molecule has 24 heavy (non-hydrogen) atoms. The van der Waals surface area contributed by atoms with Crippen molar-refractivity contribution in [2.45, 2.75) is 13.5 Å². The molecule has 1 unspecified atom stereocenters. The van der Waals surface area contributed by atoms with E-state index in [1.165, 1.54) is 31.7 Å². The fourth-order valence-corrected chi connectivity index (χ4v) is 2.91. The summed E-state index contributed by atoms with van der Waals surface area (Å²) in [5, 5.41) is 3.53. The minimum absolute atomic E-state index is 0.607. The summed E-state index contributed by atoms with van der Waals surface area (Å²) in [6, 6.07) is 10.4. The molecule has 1 aromatic rings. The number of aliphatic imine (C=N–C) groups is 1. The summed E-state index contributed by atoms with van der Waals surface area (Å²) < 4.78 is 0. The number of hydrogen-bond donors (Lipinski definition) is 1. The van der Waals surface area contributed by atoms with E-state index in [1.54, 1.807) is 0 Å². The van der Waals surface area contributed by atoms with Crippen LogP contribution in [-0.4, -0.2) is 81.1 Å². The molecule has 1 atom stereocenters. The van der Waals surface area contributed by atoms with Crippen LogP contribution in [0.3, 0.4) is 0 Å². The number of guanidine groups is 1. The summed E-state index contributed by atoms with van der Waals surface area (Å²) in [7, 11) is 6.29. The van der Waals surface area contributed by atoms with Crippen molar-refractivity contribution in [1.82, 2.24) is 20.0 Å². The van der Waals surface area contributed by atoms with E-state index >= 15 is 0 Å². The molecule has 0 amide bonds. The van der Waals surface area contributed by atoms with Gasteiger partial charge in [0.05, 0.1) is 6.54 Å². The van der Waals surface area contributed by atoms with E-state index in [0.717, 1.165) is 19.0 Å². The number of nitrogens with one attached hydrogen (secondary N) is 1. The molecule has 0 saturated carbocycles. The van der Waals surface area contributed by atoms with E-state index in [-0.39, 0.29) is 0 Å². The molecule has 1 aromatic carbocycles. The van der Waals surface area contributed by atoms with Crippen LogP contribution < -0.4 is 5.32 Å². The van der Waals surface area contributed by atoms with Crippen LogP contribution in [0.1, 0.15) is 12.5 Å². The summed E-state index contributed by atoms with van der Waals surface area (Å²) in [5.41, 5.74) is 1.24. The van der Waals surface area contributed by atoms with Crippen LogP contribution in [0.2, 0.25) is 0 Å². The lowest BCUT2D eigenvalue weighted by atomic mass is 10.1. The van der Waals surface area contributed by atoms with Crippen LogP contribution >= 0.6 is 0 Å². The number of hydrogen-bond acceptors (Lipinski definition) is 3. The van der Waals surface area contributed by atoms with Crippen molar-refractivity contribution in [3.8, 4) is 0 Å². The highest BCUT2D eigenvalue weighted by atomic mass is 15.3. The van der Waals surface area contributed by atoms with Crippen LogP contribution in [-0.2, 0) is 6.54 Å². The van der Waals surface area contributed by atoms with E-state index in [4.69, 9.17) is 4.99 Å². The third-order valence-electron chi connectivity index (χ3n) is 4.45. The van der Waals surface area contributed by atoms with Crippen LogP contribution in [0.15, 0.2) is 35.3 Å². The van der Waals surface area contributed by atoms with Gasteiger partial charge in [0.25, 0.3) is 0 Å². The zero-order chi connectivity index (χ0) is 17.4. The molecular formula is C19H33N5. The summed E-state index contributed by atoms with van der Waals surface area (Å²) in [6.07, 6.45) is 0. The van der Waals surface area contributed by atoms with Gasteiger partial charge in [-0.2, -0.15) is 0 Å². The standard InChI is InChI=1S/C19H33N5/c1-17(16-24-12-10-23(4)11-13-24)14-20-19(22(2)3)21-15-18-8-6-5-7-9-18/h5-9,17H,10-16H2,1-4H3,(H,20,21). The Balaban J connectivity index is 1.78. The monoisotopic (exact) mass is 331 g/mol. The largest absolute Gasteiger partial charge is 0.356 e. The molecule has 0 spiro atoms. The fraction of sp³-hybridized carbons (Fsp3) is 0.632. The quantitative estimate of drug-likeness (QED) is 0.634. The van der Waals surface area contributed by atoms with Crippen molar-refractivity contribution < 1.29 is 0 Å². The van der Waals surface area contributed by atoms with Gasteiger partial charge in [-0.1, -0.05) is 37.3 Å². The highest BCUT2D eigenvalue weighted by molar-refractivity contribution is 5.79. The van der Waals surface area contributed by atoms with Crippen molar-refractivity contribution in [2.24, 2.45) is 10.9 Å². The average molecular weight is 332 g/mol. The molecule has 0 radical (unpaired) electrons. The van der Waals surface area contributed by atoms with Crippen LogP contribution in [0.5, 0.6) is 0 Å². The number of likely N-dealkylation sites (N-methyl/N-ethyl adjacent to an activating group) is 1. The van der Waals surface area contributed by atoms with Gasteiger partial charge >= 0.3 is 0 Å². The molecule has 5 nitrogen and oxygen atoms in total. The van der Waals surface area contributed by atoms with Crippen molar-refractivity contribution in [1.29, 1.82) is 0 Å². The van der Waals surface area contributed by atoms with E-state index < -0.39 is 0 Å². The van der Waals surface area contributed by atoms with Gasteiger partial charge in [-0.05, 0) is 18.5 Å². The van der Waals surface area contributed by atoms with Crippen LogP contribution in [0.25, 0.3) is 0 Å². The zero-order valence-electron chi connectivity index (χ0n) is 15.7. The molecule has 134 valence electrons. The van der Waals surface area contributed by atoms with Crippen molar-refractivity contribution >= 4 is 5.96 Å². The Kier molecular flexibility index (Phi) is 7.53. The maximum atomic E-state index is 4.73.